The summed E-state index contributed by atoms with van der Waals surface area (Å²) < 4.78 is 19.5. The van der Waals surface area contributed by atoms with Gasteiger partial charge >= 0.3 is 0 Å². The van der Waals surface area contributed by atoms with E-state index in [-0.39, 0.29) is 25.5 Å². The van der Waals surface area contributed by atoms with Crippen molar-refractivity contribution >= 4 is 17.5 Å². The first-order chi connectivity index (χ1) is 17.8. The van der Waals surface area contributed by atoms with Crippen LogP contribution in [0.3, 0.4) is 0 Å². The lowest BCUT2D eigenvalue weighted by atomic mass is 9.86. The van der Waals surface area contributed by atoms with Gasteiger partial charge in [-0.2, -0.15) is 5.10 Å². The minimum absolute atomic E-state index is 0.0272. The average molecular weight is 507 g/mol. The van der Waals surface area contributed by atoms with Crippen molar-refractivity contribution < 1.29 is 23.8 Å². The molecule has 9 nitrogen and oxygen atoms in total. The van der Waals surface area contributed by atoms with Crippen molar-refractivity contribution in [3.63, 3.8) is 0 Å². The number of nitrogens with one attached hydrogen (secondary N) is 2. The highest BCUT2D eigenvalue weighted by molar-refractivity contribution is 6.07. The minimum atomic E-state index is -0.892. The van der Waals surface area contributed by atoms with Gasteiger partial charge in [-0.3, -0.25) is 14.4 Å². The third-order valence-corrected chi connectivity index (χ3v) is 6.14. The third kappa shape index (κ3) is 5.99. The second-order valence-electron chi connectivity index (χ2n) is 8.80. The maximum atomic E-state index is 13.4. The summed E-state index contributed by atoms with van der Waals surface area (Å²) in [5, 5.41) is 19.5. The van der Waals surface area contributed by atoms with Crippen LogP contribution in [0.15, 0.2) is 71.3 Å². The zero-order valence-corrected chi connectivity index (χ0v) is 20.4. The SMILES string of the molecule is COC[C@H](O)Cn1nccc(-c2ccc(C)c(NC(=O)C3=CNC(=O)C[C@H]3c3ccc(F)cc3)c2)c1=O. The van der Waals surface area contributed by atoms with Crippen molar-refractivity contribution in [3.8, 4) is 11.1 Å². The quantitative estimate of drug-likeness (QED) is 0.432. The number of aryl methyl sites for hydroxylation is 1. The smallest absolute Gasteiger partial charge is 0.274 e. The number of halogens is 1. The maximum absolute atomic E-state index is 13.4. The van der Waals surface area contributed by atoms with Gasteiger partial charge in [0.2, 0.25) is 5.91 Å². The van der Waals surface area contributed by atoms with Crippen molar-refractivity contribution in [3.05, 3.63) is 93.8 Å². The molecular formula is C27H27FN4O5. The number of ether oxygens (including phenoxy) is 1. The molecule has 1 aromatic heterocycles. The van der Waals surface area contributed by atoms with Crippen molar-refractivity contribution in [2.45, 2.75) is 31.9 Å². The molecular weight excluding hydrogens is 479 g/mol. The summed E-state index contributed by atoms with van der Waals surface area (Å²) in [5.74, 6) is -1.61. The van der Waals surface area contributed by atoms with E-state index in [1.54, 1.807) is 36.4 Å². The van der Waals surface area contributed by atoms with Gasteiger partial charge in [-0.05, 0) is 47.9 Å². The fraction of sp³-hybridized carbons (Fsp3) is 0.259. The number of nitrogens with zero attached hydrogens (tertiary/aromatic N) is 2. The topological polar surface area (TPSA) is 123 Å². The zero-order chi connectivity index (χ0) is 26.5. The van der Waals surface area contributed by atoms with Gasteiger partial charge < -0.3 is 20.5 Å². The Bertz CT molecular complexity index is 1400. The van der Waals surface area contributed by atoms with Crippen LogP contribution in [0, 0.1) is 12.7 Å². The highest BCUT2D eigenvalue weighted by Gasteiger charge is 2.29. The van der Waals surface area contributed by atoms with Crippen LogP contribution in [0.5, 0.6) is 0 Å². The van der Waals surface area contributed by atoms with Crippen LogP contribution in [0.2, 0.25) is 0 Å². The Balaban J connectivity index is 1.61. The summed E-state index contributed by atoms with van der Waals surface area (Å²) >= 11 is 0. The molecule has 1 aliphatic rings. The molecule has 0 saturated heterocycles. The Labute approximate surface area is 212 Å². The fourth-order valence-electron chi connectivity index (χ4n) is 4.19. The molecule has 4 rings (SSSR count). The van der Waals surface area contributed by atoms with Crippen LogP contribution in [0.1, 0.15) is 23.5 Å². The number of anilines is 1. The van der Waals surface area contributed by atoms with Crippen LogP contribution in [0.25, 0.3) is 11.1 Å². The second kappa shape index (κ2) is 11.3. The minimum Gasteiger partial charge on any atom is -0.389 e. The van der Waals surface area contributed by atoms with Crippen LogP contribution >= 0.6 is 0 Å². The van der Waals surface area contributed by atoms with E-state index < -0.39 is 29.3 Å². The summed E-state index contributed by atoms with van der Waals surface area (Å²) in [6, 6.07) is 12.5. The number of aliphatic hydroxyl groups excluding tert-OH is 1. The summed E-state index contributed by atoms with van der Waals surface area (Å²) in [4.78, 5) is 38.4. The second-order valence-corrected chi connectivity index (χ2v) is 8.80. The number of amides is 2. The molecule has 1 aliphatic heterocycles. The average Bonchev–Trinajstić information content (AvgIpc) is 2.87. The lowest BCUT2D eigenvalue weighted by Crippen LogP contribution is -2.32. The monoisotopic (exact) mass is 506 g/mol. The molecule has 0 aliphatic carbocycles. The highest BCUT2D eigenvalue weighted by Crippen LogP contribution is 2.32. The van der Waals surface area contributed by atoms with Crippen LogP contribution < -0.4 is 16.2 Å². The van der Waals surface area contributed by atoms with Gasteiger partial charge in [-0.1, -0.05) is 24.3 Å². The predicted octanol–water partition coefficient (Wildman–Crippen LogP) is 2.49. The molecule has 2 aromatic carbocycles. The fourth-order valence-corrected chi connectivity index (χ4v) is 4.19. The summed E-state index contributed by atoms with van der Waals surface area (Å²) in [6.45, 7) is 1.86. The van der Waals surface area contributed by atoms with Gasteiger partial charge in [0.1, 0.15) is 5.82 Å². The Kier molecular flexibility index (Phi) is 7.90. The van der Waals surface area contributed by atoms with E-state index in [2.05, 4.69) is 15.7 Å². The predicted molar refractivity (Wildman–Crippen MR) is 135 cm³/mol. The molecule has 0 radical (unpaired) electrons. The lowest BCUT2D eigenvalue weighted by Gasteiger charge is -2.24. The molecule has 0 saturated carbocycles. The molecule has 0 spiro atoms. The number of aromatic nitrogens is 2. The molecule has 0 unspecified atom stereocenters. The van der Waals surface area contributed by atoms with Gasteiger partial charge in [0.15, 0.2) is 0 Å². The Hall–Kier alpha value is -4.15. The molecule has 192 valence electrons. The molecule has 3 N–H and O–H groups in total. The Morgan fingerprint density at radius 2 is 2.00 bits per heavy atom. The first kappa shape index (κ1) is 25.9. The number of rotatable bonds is 8. The molecule has 3 aromatic rings. The number of methoxy groups -OCH3 is 1. The van der Waals surface area contributed by atoms with Gasteiger partial charge in [-0.15, -0.1) is 0 Å². The highest BCUT2D eigenvalue weighted by atomic mass is 19.1. The number of hydrogen-bond donors (Lipinski definition) is 3. The van der Waals surface area contributed by atoms with Crippen molar-refractivity contribution in [1.29, 1.82) is 0 Å². The van der Waals surface area contributed by atoms with E-state index in [1.807, 2.05) is 6.92 Å². The van der Waals surface area contributed by atoms with E-state index in [0.29, 0.717) is 28.0 Å². The van der Waals surface area contributed by atoms with Gasteiger partial charge in [0, 0.05) is 43.1 Å². The van der Waals surface area contributed by atoms with Crippen LogP contribution in [-0.2, 0) is 20.9 Å². The standard InChI is InChI=1S/C27H27FN4O5/c1-16-3-4-18(21-9-10-30-32(27(21)36)14-20(33)15-37-2)11-24(16)31-26(35)23-13-29-25(34)12-22(23)17-5-7-19(28)8-6-17/h3-11,13,20,22,33H,12,14-15H2,1-2H3,(H,29,34)(H,31,35)/t20-,22+/m1/s1. The third-order valence-electron chi connectivity index (χ3n) is 6.14. The van der Waals surface area contributed by atoms with Gasteiger partial charge in [0.25, 0.3) is 11.5 Å². The summed E-state index contributed by atoms with van der Waals surface area (Å²) in [7, 11) is 1.46. The summed E-state index contributed by atoms with van der Waals surface area (Å²) in [6.07, 6.45) is 2.00. The number of hydrogen-bond acceptors (Lipinski definition) is 6. The Morgan fingerprint density at radius 3 is 2.73 bits per heavy atom. The van der Waals surface area contributed by atoms with E-state index in [1.165, 1.54) is 36.3 Å². The summed E-state index contributed by atoms with van der Waals surface area (Å²) in [5.41, 5.74) is 2.74. The van der Waals surface area contributed by atoms with Crippen LogP contribution in [-0.4, -0.2) is 46.5 Å². The van der Waals surface area contributed by atoms with E-state index in [4.69, 9.17) is 4.74 Å². The van der Waals surface area contributed by atoms with Crippen molar-refractivity contribution in [2.24, 2.45) is 0 Å². The lowest BCUT2D eigenvalue weighted by molar-refractivity contribution is -0.121. The van der Waals surface area contributed by atoms with Crippen LogP contribution in [0.4, 0.5) is 10.1 Å². The number of aliphatic hydroxyl groups is 1. The van der Waals surface area contributed by atoms with Crippen molar-refractivity contribution in [1.82, 2.24) is 15.1 Å². The molecule has 37 heavy (non-hydrogen) atoms. The first-order valence-electron chi connectivity index (χ1n) is 11.7. The molecule has 0 fully saturated rings. The first-order valence-corrected chi connectivity index (χ1v) is 11.7. The molecule has 2 amide bonds. The van der Waals surface area contributed by atoms with E-state index in [9.17, 15) is 23.9 Å². The molecule has 2 atom stereocenters. The van der Waals surface area contributed by atoms with Gasteiger partial charge in [0.05, 0.1) is 24.8 Å². The normalized spacial score (nSPS) is 16.1. The number of benzene rings is 2. The van der Waals surface area contributed by atoms with Crippen molar-refractivity contribution in [2.75, 3.05) is 19.0 Å². The number of carbonyl (C=O) groups is 2. The molecule has 2 heterocycles. The molecule has 10 heteroatoms. The Morgan fingerprint density at radius 1 is 1.24 bits per heavy atom. The van der Waals surface area contributed by atoms with E-state index >= 15 is 0 Å². The maximum Gasteiger partial charge on any atom is 0.274 e. The van der Waals surface area contributed by atoms with E-state index in [0.717, 1.165) is 5.56 Å². The molecule has 0 bridgehead atoms. The zero-order valence-electron chi connectivity index (χ0n) is 20.4. The van der Waals surface area contributed by atoms with Gasteiger partial charge in [-0.25, -0.2) is 9.07 Å². The number of carbonyl (C=O) groups excluding carboxylic acids is 2. The largest absolute Gasteiger partial charge is 0.389 e.